The molecular formula is C75H144NO8+. The third kappa shape index (κ3) is 67.3. The van der Waals surface area contributed by atoms with Crippen LogP contribution in [0, 0.1) is 0 Å². The predicted octanol–water partition coefficient (Wildman–Crippen LogP) is 23.0. The van der Waals surface area contributed by atoms with Crippen LogP contribution in [0.25, 0.3) is 0 Å². The van der Waals surface area contributed by atoms with E-state index in [0.29, 0.717) is 17.4 Å². The first-order chi connectivity index (χ1) is 41.1. The van der Waals surface area contributed by atoms with Gasteiger partial charge in [0, 0.05) is 12.8 Å². The first kappa shape index (κ1) is 81.8. The average molecular weight is 1190 g/mol. The zero-order chi connectivity index (χ0) is 61.2. The summed E-state index contributed by atoms with van der Waals surface area (Å²) in [6, 6.07) is 0. The normalized spacial score (nSPS) is 12.7. The van der Waals surface area contributed by atoms with Crippen molar-refractivity contribution in [3.05, 3.63) is 24.3 Å². The summed E-state index contributed by atoms with van der Waals surface area (Å²) in [7, 11) is 6.00. The minimum absolute atomic E-state index is 0.174. The van der Waals surface area contributed by atoms with Gasteiger partial charge < -0.3 is 28.5 Å². The lowest BCUT2D eigenvalue weighted by atomic mass is 10.0. The second-order valence-corrected chi connectivity index (χ2v) is 26.6. The molecule has 9 heteroatoms. The van der Waals surface area contributed by atoms with E-state index in [1.54, 1.807) is 0 Å². The number of ether oxygens (including phenoxy) is 4. The Morgan fingerprint density at radius 3 is 0.940 bits per heavy atom. The van der Waals surface area contributed by atoms with Crippen molar-refractivity contribution in [2.45, 2.75) is 392 Å². The van der Waals surface area contributed by atoms with Crippen molar-refractivity contribution in [1.29, 1.82) is 0 Å². The van der Waals surface area contributed by atoms with Crippen LogP contribution >= 0.6 is 0 Å². The molecule has 496 valence electrons. The summed E-state index contributed by atoms with van der Waals surface area (Å²) in [5, 5.41) is 9.76. The molecule has 1 N–H and O–H groups in total. The summed E-state index contributed by atoms with van der Waals surface area (Å²) < 4.78 is 23.0. The average Bonchev–Trinajstić information content (AvgIpc) is 3.51. The fourth-order valence-corrected chi connectivity index (χ4v) is 11.3. The number of esters is 2. The van der Waals surface area contributed by atoms with Crippen LogP contribution in [0.4, 0.5) is 0 Å². The fraction of sp³-hybridized carbons (Fsp3) is 0.907. The van der Waals surface area contributed by atoms with Crippen LogP contribution in [0.3, 0.4) is 0 Å². The van der Waals surface area contributed by atoms with E-state index >= 15 is 0 Å². The second kappa shape index (κ2) is 66.7. The first-order valence-electron chi connectivity index (χ1n) is 37.0. The number of hydrogen-bond donors (Lipinski definition) is 1. The zero-order valence-corrected chi connectivity index (χ0v) is 56.8. The highest BCUT2D eigenvalue weighted by Crippen LogP contribution is 2.19. The Kier molecular flexibility index (Phi) is 64.9. The number of hydrogen-bond acceptors (Lipinski definition) is 7. The van der Waals surface area contributed by atoms with Gasteiger partial charge in [-0.05, 0) is 44.9 Å². The van der Waals surface area contributed by atoms with Gasteiger partial charge in [-0.25, -0.2) is 4.79 Å². The van der Waals surface area contributed by atoms with Gasteiger partial charge in [0.2, 0.25) is 0 Å². The van der Waals surface area contributed by atoms with E-state index in [1.807, 2.05) is 21.1 Å². The van der Waals surface area contributed by atoms with E-state index in [4.69, 9.17) is 18.9 Å². The molecule has 0 aliphatic rings. The molecule has 0 aromatic rings. The minimum atomic E-state index is -1.51. The molecule has 0 saturated carbocycles. The van der Waals surface area contributed by atoms with Crippen LogP contribution in [-0.4, -0.2) is 87.4 Å². The van der Waals surface area contributed by atoms with Crippen LogP contribution in [-0.2, 0) is 33.3 Å². The maximum Gasteiger partial charge on any atom is 0.361 e. The fourth-order valence-electron chi connectivity index (χ4n) is 11.3. The molecular weight excluding hydrogens is 1040 g/mol. The van der Waals surface area contributed by atoms with Gasteiger partial charge in [-0.1, -0.05) is 346 Å². The van der Waals surface area contributed by atoms with Gasteiger partial charge in [-0.15, -0.1) is 0 Å². The summed E-state index contributed by atoms with van der Waals surface area (Å²) >= 11 is 0. The Balaban J connectivity index is 4.02. The lowest BCUT2D eigenvalue weighted by Crippen LogP contribution is -2.40. The number of carboxylic acid groups (broad SMARTS) is 1. The maximum absolute atomic E-state index is 13.0. The third-order valence-corrected chi connectivity index (χ3v) is 17.0. The number of likely N-dealkylation sites (N-methyl/N-ethyl adjacent to an activating group) is 1. The Morgan fingerprint density at radius 1 is 0.357 bits per heavy atom. The standard InChI is InChI=1S/C75H143NO8/c1-6-8-10-12-14-16-18-20-22-24-26-28-30-32-34-36-37-38-40-42-44-46-48-50-52-54-56-58-60-62-64-66-73(78)84-71(70-83-75(74(79)80)81-68-67-76(3,4)5)69-82-72(77)65-63-61-59-57-55-53-51-49-47-45-43-41-39-35-33-31-29-27-25-23-21-19-17-15-13-11-9-7-2/h18,20,24,26,71,75H,6-17,19,21-23,25,27-70H2,1-5H3/p+1/b20-18-,26-24-. The first-order valence-corrected chi connectivity index (χ1v) is 37.0. The largest absolute Gasteiger partial charge is 0.477 e. The van der Waals surface area contributed by atoms with Gasteiger partial charge in [-0.3, -0.25) is 9.59 Å². The molecule has 0 spiro atoms. The highest BCUT2D eigenvalue weighted by atomic mass is 16.7. The van der Waals surface area contributed by atoms with Crippen molar-refractivity contribution in [3.8, 4) is 0 Å². The highest BCUT2D eigenvalue weighted by Gasteiger charge is 2.25. The van der Waals surface area contributed by atoms with Crippen LogP contribution in [0.2, 0.25) is 0 Å². The van der Waals surface area contributed by atoms with Crippen molar-refractivity contribution >= 4 is 17.9 Å². The molecule has 0 amide bonds. The van der Waals surface area contributed by atoms with Crippen molar-refractivity contribution in [2.24, 2.45) is 0 Å². The van der Waals surface area contributed by atoms with Gasteiger partial charge in [0.25, 0.3) is 6.29 Å². The van der Waals surface area contributed by atoms with Crippen molar-refractivity contribution in [3.63, 3.8) is 0 Å². The Hall–Kier alpha value is -2.23. The van der Waals surface area contributed by atoms with Crippen molar-refractivity contribution < 1.29 is 42.9 Å². The van der Waals surface area contributed by atoms with Crippen molar-refractivity contribution in [2.75, 3.05) is 47.5 Å². The molecule has 0 aliphatic carbocycles. The quantitative estimate of drug-likeness (QED) is 0.0211. The molecule has 0 aliphatic heterocycles. The Morgan fingerprint density at radius 2 is 0.643 bits per heavy atom. The molecule has 9 nitrogen and oxygen atoms in total. The topological polar surface area (TPSA) is 108 Å². The third-order valence-electron chi connectivity index (χ3n) is 17.0. The number of carboxylic acids is 1. The van der Waals surface area contributed by atoms with E-state index in [0.717, 1.165) is 44.9 Å². The molecule has 0 radical (unpaired) electrons. The van der Waals surface area contributed by atoms with Crippen LogP contribution < -0.4 is 0 Å². The maximum atomic E-state index is 13.0. The van der Waals surface area contributed by atoms with E-state index < -0.39 is 18.4 Å². The lowest BCUT2D eigenvalue weighted by Gasteiger charge is -2.25. The SMILES string of the molecule is CCCCCCC/C=C\C/C=C\CCCCCCCCCCCCCCCCCCCCCC(=O)OC(COC(=O)CCCCCCCCCCCCCCCCCCCCCCCCCCCCCC)COC(OCC[N+](C)(C)C)C(=O)O. The summed E-state index contributed by atoms with van der Waals surface area (Å²) in [5.74, 6) is -1.97. The Labute approximate surface area is 522 Å². The van der Waals surface area contributed by atoms with Gasteiger partial charge in [0.05, 0.1) is 34.4 Å². The smallest absolute Gasteiger partial charge is 0.361 e. The molecule has 2 atom stereocenters. The van der Waals surface area contributed by atoms with Crippen molar-refractivity contribution in [1.82, 2.24) is 0 Å². The highest BCUT2D eigenvalue weighted by molar-refractivity contribution is 5.71. The van der Waals surface area contributed by atoms with Gasteiger partial charge in [0.15, 0.2) is 6.10 Å². The number of allylic oxidation sites excluding steroid dienone is 4. The molecule has 0 aromatic heterocycles. The molecule has 0 bridgehead atoms. The lowest BCUT2D eigenvalue weighted by molar-refractivity contribution is -0.870. The molecule has 0 aromatic carbocycles. The van der Waals surface area contributed by atoms with E-state index in [-0.39, 0.29) is 38.2 Å². The van der Waals surface area contributed by atoms with Gasteiger partial charge in [0.1, 0.15) is 13.2 Å². The Bertz CT molecular complexity index is 1430. The number of nitrogens with zero attached hydrogens (tertiary/aromatic N) is 1. The van der Waals surface area contributed by atoms with E-state index in [9.17, 15) is 19.5 Å². The number of quaternary nitrogens is 1. The number of carbonyl (C=O) groups is 3. The molecule has 0 saturated heterocycles. The number of rotatable bonds is 70. The molecule has 2 unspecified atom stereocenters. The van der Waals surface area contributed by atoms with Gasteiger partial charge in [-0.2, -0.15) is 0 Å². The summed E-state index contributed by atoms with van der Waals surface area (Å²) in [5.41, 5.74) is 0. The zero-order valence-electron chi connectivity index (χ0n) is 56.8. The monoisotopic (exact) mass is 1190 g/mol. The van der Waals surface area contributed by atoms with Gasteiger partial charge >= 0.3 is 17.9 Å². The predicted molar refractivity (Wildman–Crippen MR) is 360 cm³/mol. The molecule has 0 rings (SSSR count). The second-order valence-electron chi connectivity index (χ2n) is 26.6. The molecule has 84 heavy (non-hydrogen) atoms. The van der Waals surface area contributed by atoms with E-state index in [2.05, 4.69) is 38.2 Å². The summed E-state index contributed by atoms with van der Waals surface area (Å²) in [4.78, 5) is 37.7. The number of unbranched alkanes of at least 4 members (excludes halogenated alkanes) is 51. The minimum Gasteiger partial charge on any atom is -0.477 e. The van der Waals surface area contributed by atoms with Crippen LogP contribution in [0.5, 0.6) is 0 Å². The number of aliphatic carboxylic acids is 1. The molecule has 0 heterocycles. The van der Waals surface area contributed by atoms with Crippen LogP contribution in [0.15, 0.2) is 24.3 Å². The number of carbonyl (C=O) groups excluding carboxylic acids is 2. The molecule has 0 fully saturated rings. The van der Waals surface area contributed by atoms with Crippen LogP contribution in [0.1, 0.15) is 380 Å². The summed E-state index contributed by atoms with van der Waals surface area (Å²) in [6.45, 7) is 4.95. The van der Waals surface area contributed by atoms with E-state index in [1.165, 1.54) is 308 Å². The summed E-state index contributed by atoms with van der Waals surface area (Å²) in [6.07, 6.45) is 80.2.